The van der Waals surface area contributed by atoms with E-state index in [1.807, 2.05) is 6.92 Å². The molecule has 1 aromatic rings. The van der Waals surface area contributed by atoms with Gasteiger partial charge in [-0.2, -0.15) is 0 Å². The first-order valence-corrected chi connectivity index (χ1v) is 8.00. The average molecular weight is 456 g/mol. The van der Waals surface area contributed by atoms with Crippen molar-refractivity contribution in [2.75, 3.05) is 19.7 Å². The number of ether oxygens (including phenoxy) is 1. The van der Waals surface area contributed by atoms with Crippen molar-refractivity contribution in [3.63, 3.8) is 0 Å². The maximum Gasteiger partial charge on any atom is 0.191 e. The molecular weight excluding hydrogens is 432 g/mol. The van der Waals surface area contributed by atoms with Gasteiger partial charge in [-0.3, -0.25) is 0 Å². The van der Waals surface area contributed by atoms with E-state index in [1.165, 1.54) is 6.07 Å². The molecule has 1 fully saturated rings. The van der Waals surface area contributed by atoms with E-state index in [-0.39, 0.29) is 34.6 Å². The van der Waals surface area contributed by atoms with Gasteiger partial charge in [-0.15, -0.1) is 24.0 Å². The van der Waals surface area contributed by atoms with Crippen LogP contribution in [0.2, 0.25) is 5.02 Å². The summed E-state index contributed by atoms with van der Waals surface area (Å²) in [6.07, 6.45) is 2.15. The highest BCUT2D eigenvalue weighted by atomic mass is 127. The molecule has 0 radical (unpaired) electrons. The number of nitrogens with one attached hydrogen (secondary N) is 2. The summed E-state index contributed by atoms with van der Waals surface area (Å²) in [5.74, 6) is 0.311. The first-order chi connectivity index (χ1) is 10.5. The number of rotatable bonds is 5. The van der Waals surface area contributed by atoms with Gasteiger partial charge in [-0.05, 0) is 44.4 Å². The predicted octanol–water partition coefficient (Wildman–Crippen LogP) is 3.72. The highest BCUT2D eigenvalue weighted by molar-refractivity contribution is 14.0. The molecule has 2 N–H and O–H groups in total. The number of hydrogen-bond donors (Lipinski definition) is 2. The zero-order valence-corrected chi connectivity index (χ0v) is 16.6. The molecule has 1 heterocycles. The molecule has 2 rings (SSSR count). The van der Waals surface area contributed by atoms with E-state index >= 15 is 0 Å². The largest absolute Gasteiger partial charge is 0.373 e. The van der Waals surface area contributed by atoms with Crippen LogP contribution in [-0.4, -0.2) is 31.3 Å². The third-order valence-corrected chi connectivity index (χ3v) is 3.97. The maximum absolute atomic E-state index is 13.1. The van der Waals surface area contributed by atoms with Gasteiger partial charge in [0.05, 0.1) is 17.2 Å². The van der Waals surface area contributed by atoms with Gasteiger partial charge in [-0.1, -0.05) is 17.7 Å². The predicted molar refractivity (Wildman–Crippen MR) is 103 cm³/mol. The molecule has 1 aliphatic heterocycles. The summed E-state index contributed by atoms with van der Waals surface area (Å²) in [7, 11) is 0. The van der Waals surface area contributed by atoms with Gasteiger partial charge in [0.15, 0.2) is 5.96 Å². The molecule has 130 valence electrons. The number of aliphatic imine (C=N–C) groups is 1. The fourth-order valence-electron chi connectivity index (χ4n) is 2.40. The molecule has 1 saturated heterocycles. The van der Waals surface area contributed by atoms with Gasteiger partial charge in [0.25, 0.3) is 0 Å². The fraction of sp³-hybridized carbons (Fsp3) is 0.562. The molecule has 0 amide bonds. The summed E-state index contributed by atoms with van der Waals surface area (Å²) in [6.45, 7) is 6.86. The Bertz CT molecular complexity index is 536. The maximum atomic E-state index is 13.1. The Morgan fingerprint density at radius 1 is 1.43 bits per heavy atom. The first kappa shape index (κ1) is 20.4. The van der Waals surface area contributed by atoms with Crippen LogP contribution >= 0.6 is 35.6 Å². The Labute approximate surface area is 159 Å². The number of halogens is 3. The van der Waals surface area contributed by atoms with Gasteiger partial charge < -0.3 is 15.4 Å². The lowest BCUT2D eigenvalue weighted by Crippen LogP contribution is -2.45. The fourth-order valence-corrected chi connectivity index (χ4v) is 2.60. The smallest absolute Gasteiger partial charge is 0.191 e. The molecule has 0 saturated carbocycles. The van der Waals surface area contributed by atoms with Gasteiger partial charge in [0.1, 0.15) is 5.82 Å². The molecule has 4 nitrogen and oxygen atoms in total. The van der Waals surface area contributed by atoms with Crippen LogP contribution in [-0.2, 0) is 11.3 Å². The third-order valence-electron chi connectivity index (χ3n) is 3.68. The minimum atomic E-state index is -0.411. The molecular formula is C16H24ClFIN3O. The molecule has 1 atom stereocenters. The molecule has 1 unspecified atom stereocenters. The Hall–Kier alpha value is -0.600. The number of hydrogen-bond acceptors (Lipinski definition) is 2. The third kappa shape index (κ3) is 6.43. The van der Waals surface area contributed by atoms with Crippen LogP contribution < -0.4 is 10.6 Å². The topological polar surface area (TPSA) is 45.7 Å². The molecule has 1 aromatic carbocycles. The van der Waals surface area contributed by atoms with E-state index in [2.05, 4.69) is 22.5 Å². The van der Waals surface area contributed by atoms with E-state index in [0.717, 1.165) is 37.5 Å². The Balaban J connectivity index is 0.00000264. The van der Waals surface area contributed by atoms with Crippen LogP contribution in [0.4, 0.5) is 4.39 Å². The van der Waals surface area contributed by atoms with Crippen molar-refractivity contribution in [2.45, 2.75) is 38.8 Å². The van der Waals surface area contributed by atoms with E-state index in [4.69, 9.17) is 16.3 Å². The molecule has 0 spiro atoms. The Morgan fingerprint density at radius 2 is 2.22 bits per heavy atom. The second-order valence-electron chi connectivity index (χ2n) is 5.70. The quantitative estimate of drug-likeness (QED) is 0.404. The van der Waals surface area contributed by atoms with Crippen LogP contribution in [0.15, 0.2) is 23.2 Å². The standard InChI is InChI=1S/C16H23ClFN3O.HI/c1-3-19-15(21-11-16(2)7-4-8-22-16)20-10-12-5-6-14(18)13(17)9-12;/h5-6,9H,3-4,7-8,10-11H2,1-2H3,(H2,19,20,21);1H. The van der Waals surface area contributed by atoms with Gasteiger partial charge in [-0.25, -0.2) is 9.38 Å². The Kier molecular flexibility index (Phi) is 8.57. The van der Waals surface area contributed by atoms with Crippen LogP contribution in [0.1, 0.15) is 32.3 Å². The van der Waals surface area contributed by atoms with Crippen molar-refractivity contribution in [1.29, 1.82) is 0 Å². The zero-order valence-electron chi connectivity index (χ0n) is 13.5. The monoisotopic (exact) mass is 455 g/mol. The summed E-state index contributed by atoms with van der Waals surface area (Å²) < 4.78 is 18.9. The van der Waals surface area contributed by atoms with E-state index < -0.39 is 5.82 Å². The van der Waals surface area contributed by atoms with Gasteiger partial charge >= 0.3 is 0 Å². The summed E-state index contributed by atoms with van der Waals surface area (Å²) in [5, 5.41) is 6.63. The normalized spacial score (nSPS) is 21.0. The molecule has 1 aliphatic rings. The highest BCUT2D eigenvalue weighted by Gasteiger charge is 2.29. The van der Waals surface area contributed by atoms with Crippen molar-refractivity contribution < 1.29 is 9.13 Å². The number of benzene rings is 1. The molecule has 23 heavy (non-hydrogen) atoms. The van der Waals surface area contributed by atoms with Crippen molar-refractivity contribution >= 4 is 41.5 Å². The first-order valence-electron chi connectivity index (χ1n) is 7.62. The number of guanidine groups is 1. The second kappa shape index (κ2) is 9.64. The van der Waals surface area contributed by atoms with E-state index in [9.17, 15) is 4.39 Å². The molecule has 0 aliphatic carbocycles. The second-order valence-corrected chi connectivity index (χ2v) is 6.11. The highest BCUT2D eigenvalue weighted by Crippen LogP contribution is 2.23. The average Bonchev–Trinajstić information content (AvgIpc) is 2.93. The lowest BCUT2D eigenvalue weighted by molar-refractivity contribution is 0.0243. The minimum absolute atomic E-state index is 0. The summed E-state index contributed by atoms with van der Waals surface area (Å²) in [5.41, 5.74) is 0.738. The summed E-state index contributed by atoms with van der Waals surface area (Å²) in [6, 6.07) is 4.65. The van der Waals surface area contributed by atoms with Crippen molar-refractivity contribution in [3.8, 4) is 0 Å². The molecule has 0 bridgehead atoms. The lowest BCUT2D eigenvalue weighted by Gasteiger charge is -2.24. The lowest BCUT2D eigenvalue weighted by atomic mass is 10.0. The zero-order chi connectivity index (χ0) is 16.0. The molecule has 0 aromatic heterocycles. The van der Waals surface area contributed by atoms with Crippen LogP contribution in [0.25, 0.3) is 0 Å². The van der Waals surface area contributed by atoms with Crippen molar-refractivity contribution in [1.82, 2.24) is 10.6 Å². The van der Waals surface area contributed by atoms with Crippen molar-refractivity contribution in [3.05, 3.63) is 34.6 Å². The summed E-state index contributed by atoms with van der Waals surface area (Å²) >= 11 is 5.78. The minimum Gasteiger partial charge on any atom is -0.373 e. The van der Waals surface area contributed by atoms with Crippen LogP contribution in [0, 0.1) is 5.82 Å². The van der Waals surface area contributed by atoms with Crippen molar-refractivity contribution in [2.24, 2.45) is 4.99 Å². The SMILES string of the molecule is CCNC(=NCc1ccc(F)c(Cl)c1)NCC1(C)CCCO1.I. The number of nitrogens with zero attached hydrogens (tertiary/aromatic N) is 1. The van der Waals surface area contributed by atoms with Gasteiger partial charge in [0, 0.05) is 19.7 Å². The van der Waals surface area contributed by atoms with Crippen LogP contribution in [0.3, 0.4) is 0 Å². The van der Waals surface area contributed by atoms with E-state index in [0.29, 0.717) is 13.1 Å². The molecule has 7 heteroatoms. The summed E-state index contributed by atoms with van der Waals surface area (Å²) in [4.78, 5) is 4.50. The van der Waals surface area contributed by atoms with E-state index in [1.54, 1.807) is 12.1 Å². The van der Waals surface area contributed by atoms with Crippen LogP contribution in [0.5, 0.6) is 0 Å². The Morgan fingerprint density at radius 3 is 2.83 bits per heavy atom. The van der Waals surface area contributed by atoms with Gasteiger partial charge in [0.2, 0.25) is 0 Å².